The Bertz CT molecular complexity index is 822. The van der Waals surface area contributed by atoms with E-state index in [-0.39, 0.29) is 6.03 Å². The molecule has 0 radical (unpaired) electrons. The van der Waals surface area contributed by atoms with Crippen LogP contribution < -0.4 is 5.32 Å². The number of carbonyl (C=O) groups excluding carboxylic acids is 1. The van der Waals surface area contributed by atoms with Crippen LogP contribution in [0, 0.1) is 19.8 Å². The second-order valence-electron chi connectivity index (χ2n) is 7.06. The number of aromatic nitrogens is 1. The van der Waals surface area contributed by atoms with Gasteiger partial charge in [0, 0.05) is 18.7 Å². The number of urea groups is 1. The molecule has 1 aromatic heterocycles. The van der Waals surface area contributed by atoms with Crippen molar-refractivity contribution in [3.05, 3.63) is 52.3 Å². The summed E-state index contributed by atoms with van der Waals surface area (Å²) in [6.07, 6.45) is 4.22. The first kappa shape index (κ1) is 18.2. The molecule has 2 heterocycles. The zero-order chi connectivity index (χ0) is 18.7. The van der Waals surface area contributed by atoms with Crippen LogP contribution in [0.3, 0.4) is 0 Å². The molecular weight excluding hydrogens is 326 g/mol. The molecule has 1 aliphatic heterocycles. The first-order valence-electron chi connectivity index (χ1n) is 9.26. The van der Waals surface area contributed by atoms with E-state index in [0.717, 1.165) is 24.2 Å². The third kappa shape index (κ3) is 3.98. The number of hydrogen-bond acceptors (Lipinski definition) is 3. The van der Waals surface area contributed by atoms with E-state index in [4.69, 9.17) is 4.52 Å². The number of amides is 2. The standard InChI is InChI=1S/C21H27N3O2/c1-5-17-7-6-8-18(11-17)12-19-9-10-24(13-14(19)2)21(25)22-20-15(3)16(4)26-23-20/h6-8,11-12,14H,5,9-10,13H2,1-4H3,(H,22,23,25). The van der Waals surface area contributed by atoms with Crippen molar-refractivity contribution in [1.82, 2.24) is 10.1 Å². The number of hydrogen-bond donors (Lipinski definition) is 1. The van der Waals surface area contributed by atoms with Crippen LogP contribution in [0.2, 0.25) is 0 Å². The van der Waals surface area contributed by atoms with Gasteiger partial charge in [-0.15, -0.1) is 0 Å². The van der Waals surface area contributed by atoms with Crippen molar-refractivity contribution < 1.29 is 9.32 Å². The van der Waals surface area contributed by atoms with Crippen molar-refractivity contribution >= 4 is 17.9 Å². The first-order chi connectivity index (χ1) is 12.5. The van der Waals surface area contributed by atoms with E-state index in [9.17, 15) is 4.79 Å². The van der Waals surface area contributed by atoms with Gasteiger partial charge in [0.05, 0.1) is 0 Å². The van der Waals surface area contributed by atoms with Crippen LogP contribution in [-0.2, 0) is 6.42 Å². The first-order valence-corrected chi connectivity index (χ1v) is 9.26. The van der Waals surface area contributed by atoms with Gasteiger partial charge >= 0.3 is 6.03 Å². The molecule has 2 amide bonds. The van der Waals surface area contributed by atoms with Gasteiger partial charge in [-0.25, -0.2) is 4.79 Å². The number of likely N-dealkylation sites (tertiary alicyclic amines) is 1. The highest BCUT2D eigenvalue weighted by Gasteiger charge is 2.25. The highest BCUT2D eigenvalue weighted by Crippen LogP contribution is 2.26. The van der Waals surface area contributed by atoms with E-state index < -0.39 is 0 Å². The highest BCUT2D eigenvalue weighted by molar-refractivity contribution is 5.89. The van der Waals surface area contributed by atoms with Gasteiger partial charge in [0.15, 0.2) is 5.82 Å². The lowest BCUT2D eigenvalue weighted by molar-refractivity contribution is 0.197. The van der Waals surface area contributed by atoms with E-state index >= 15 is 0 Å². The molecule has 5 nitrogen and oxygen atoms in total. The van der Waals surface area contributed by atoms with Crippen molar-refractivity contribution in [3.63, 3.8) is 0 Å². The average molecular weight is 353 g/mol. The van der Waals surface area contributed by atoms with Crippen LogP contribution >= 0.6 is 0 Å². The van der Waals surface area contributed by atoms with Gasteiger partial charge in [0.1, 0.15) is 5.76 Å². The van der Waals surface area contributed by atoms with Gasteiger partial charge < -0.3 is 9.42 Å². The third-order valence-corrected chi connectivity index (χ3v) is 5.18. The minimum absolute atomic E-state index is 0.111. The van der Waals surface area contributed by atoms with Crippen LogP contribution in [0.1, 0.15) is 42.7 Å². The van der Waals surface area contributed by atoms with Gasteiger partial charge in [-0.05, 0) is 43.7 Å². The molecule has 1 unspecified atom stereocenters. The quantitative estimate of drug-likeness (QED) is 0.861. The molecule has 26 heavy (non-hydrogen) atoms. The Morgan fingerprint density at radius 2 is 2.23 bits per heavy atom. The number of piperidine rings is 1. The van der Waals surface area contributed by atoms with Crippen molar-refractivity contribution in [2.45, 2.75) is 40.5 Å². The number of nitrogens with zero attached hydrogens (tertiary/aromatic N) is 2. The molecule has 0 saturated carbocycles. The van der Waals surface area contributed by atoms with Gasteiger partial charge in [0.2, 0.25) is 0 Å². The fourth-order valence-electron chi connectivity index (χ4n) is 3.28. The zero-order valence-corrected chi connectivity index (χ0v) is 16.0. The largest absolute Gasteiger partial charge is 0.359 e. The van der Waals surface area contributed by atoms with Crippen molar-refractivity contribution in [2.24, 2.45) is 5.92 Å². The number of anilines is 1. The Labute approximate surface area is 155 Å². The lowest BCUT2D eigenvalue weighted by Crippen LogP contribution is -2.42. The minimum atomic E-state index is -0.111. The summed E-state index contributed by atoms with van der Waals surface area (Å²) in [6.45, 7) is 9.51. The summed E-state index contributed by atoms with van der Waals surface area (Å²) in [5, 5.41) is 6.77. The summed E-state index contributed by atoms with van der Waals surface area (Å²) in [4.78, 5) is 14.4. The summed E-state index contributed by atoms with van der Waals surface area (Å²) in [7, 11) is 0. The van der Waals surface area contributed by atoms with Gasteiger partial charge in [-0.3, -0.25) is 5.32 Å². The van der Waals surface area contributed by atoms with Crippen LogP contribution in [0.5, 0.6) is 0 Å². The number of benzene rings is 1. The lowest BCUT2D eigenvalue weighted by atomic mass is 9.91. The molecule has 0 bridgehead atoms. The van der Waals surface area contributed by atoms with Crippen LogP contribution in [0.15, 0.2) is 34.4 Å². The van der Waals surface area contributed by atoms with E-state index in [1.807, 2.05) is 18.7 Å². The number of rotatable bonds is 3. The molecule has 0 aliphatic carbocycles. The van der Waals surface area contributed by atoms with Crippen LogP contribution in [0.4, 0.5) is 10.6 Å². The summed E-state index contributed by atoms with van der Waals surface area (Å²) in [6, 6.07) is 8.55. The molecule has 2 aromatic rings. The Kier molecular flexibility index (Phi) is 5.45. The maximum Gasteiger partial charge on any atom is 0.323 e. The Balaban J connectivity index is 1.65. The molecule has 1 fully saturated rings. The topological polar surface area (TPSA) is 58.4 Å². The predicted octanol–water partition coefficient (Wildman–Crippen LogP) is 4.81. The molecule has 1 saturated heterocycles. The predicted molar refractivity (Wildman–Crippen MR) is 104 cm³/mol. The van der Waals surface area contributed by atoms with Gasteiger partial charge in [-0.2, -0.15) is 0 Å². The minimum Gasteiger partial charge on any atom is -0.359 e. The third-order valence-electron chi connectivity index (χ3n) is 5.18. The van der Waals surface area contributed by atoms with Crippen LogP contribution in [-0.4, -0.2) is 29.2 Å². The molecule has 1 aromatic carbocycles. The Morgan fingerprint density at radius 3 is 2.88 bits per heavy atom. The molecular formula is C21H27N3O2. The normalized spacial score (nSPS) is 19.0. The molecule has 1 aliphatic rings. The summed E-state index contributed by atoms with van der Waals surface area (Å²) in [5.74, 6) is 1.57. The molecule has 138 valence electrons. The van der Waals surface area contributed by atoms with Crippen molar-refractivity contribution in [2.75, 3.05) is 18.4 Å². The van der Waals surface area contributed by atoms with Gasteiger partial charge in [-0.1, -0.05) is 54.9 Å². The average Bonchev–Trinajstić information content (AvgIpc) is 2.95. The summed E-state index contributed by atoms with van der Waals surface area (Å²) >= 11 is 0. The second-order valence-corrected chi connectivity index (χ2v) is 7.06. The highest BCUT2D eigenvalue weighted by atomic mass is 16.5. The summed E-state index contributed by atoms with van der Waals surface area (Å²) < 4.78 is 5.11. The van der Waals surface area contributed by atoms with Crippen molar-refractivity contribution in [3.8, 4) is 0 Å². The second kappa shape index (κ2) is 7.77. The van der Waals surface area contributed by atoms with E-state index in [1.165, 1.54) is 16.7 Å². The monoisotopic (exact) mass is 353 g/mol. The number of carbonyl (C=O) groups is 1. The Hall–Kier alpha value is -2.56. The molecule has 1 N–H and O–H groups in total. The fourth-order valence-corrected chi connectivity index (χ4v) is 3.28. The molecule has 0 spiro atoms. The van der Waals surface area contributed by atoms with Crippen LogP contribution in [0.25, 0.3) is 6.08 Å². The number of aryl methyl sites for hydroxylation is 2. The fraction of sp³-hybridized carbons (Fsp3) is 0.429. The zero-order valence-electron chi connectivity index (χ0n) is 16.0. The van der Waals surface area contributed by atoms with Crippen molar-refractivity contribution in [1.29, 1.82) is 0 Å². The van der Waals surface area contributed by atoms with E-state index in [1.54, 1.807) is 0 Å². The molecule has 1 atom stereocenters. The summed E-state index contributed by atoms with van der Waals surface area (Å²) in [5.41, 5.74) is 4.87. The maximum atomic E-state index is 12.5. The maximum absolute atomic E-state index is 12.5. The number of nitrogens with one attached hydrogen (secondary N) is 1. The smallest absolute Gasteiger partial charge is 0.323 e. The van der Waals surface area contributed by atoms with E-state index in [0.29, 0.717) is 24.8 Å². The van der Waals surface area contributed by atoms with E-state index in [2.05, 4.69) is 54.7 Å². The lowest BCUT2D eigenvalue weighted by Gasteiger charge is -2.33. The van der Waals surface area contributed by atoms with Gasteiger partial charge in [0.25, 0.3) is 0 Å². The molecule has 5 heteroatoms. The SMILES string of the molecule is CCc1cccc(C=C2CCN(C(=O)Nc3noc(C)c3C)CC2C)c1. The molecule has 3 rings (SSSR count). The Morgan fingerprint density at radius 1 is 1.42 bits per heavy atom.